The van der Waals surface area contributed by atoms with Gasteiger partial charge in [-0.15, -0.1) is 0 Å². The third-order valence-corrected chi connectivity index (χ3v) is 7.48. The molecule has 0 aliphatic carbocycles. The van der Waals surface area contributed by atoms with E-state index in [9.17, 15) is 14.4 Å². The van der Waals surface area contributed by atoms with Crippen molar-refractivity contribution < 1.29 is 28.6 Å². The largest absolute Gasteiger partial charge is 0.466 e. The quantitative estimate of drug-likeness (QED) is 0.138. The summed E-state index contributed by atoms with van der Waals surface area (Å²) in [7, 11) is 1.28. The van der Waals surface area contributed by atoms with Gasteiger partial charge in [0.05, 0.1) is 48.7 Å². The molecule has 0 spiro atoms. The first-order valence-electron chi connectivity index (χ1n) is 14.4. The second-order valence-corrected chi connectivity index (χ2v) is 10.4. The van der Waals surface area contributed by atoms with Gasteiger partial charge in [-0.05, 0) is 37.1 Å². The second-order valence-electron chi connectivity index (χ2n) is 10.4. The van der Waals surface area contributed by atoms with Crippen LogP contribution in [-0.2, 0) is 35.0 Å². The number of benzene rings is 1. The van der Waals surface area contributed by atoms with Gasteiger partial charge < -0.3 is 29.1 Å². The Hall–Kier alpha value is -5.52. The molecule has 45 heavy (non-hydrogen) atoms. The number of aromatic nitrogens is 5. The van der Waals surface area contributed by atoms with E-state index in [4.69, 9.17) is 14.2 Å². The molecule has 232 valence electrons. The predicted octanol–water partition coefficient (Wildman–Crippen LogP) is 3.77. The zero-order valence-electron chi connectivity index (χ0n) is 25.2. The van der Waals surface area contributed by atoms with Crippen molar-refractivity contribution in [2.24, 2.45) is 0 Å². The number of hydrogen-bond donors (Lipinski definition) is 2. The summed E-state index contributed by atoms with van der Waals surface area (Å²) < 4.78 is 17.9. The fraction of sp³-hybridized carbons (Fsp3) is 0.273. The second kappa shape index (κ2) is 14.3. The molecule has 2 N–H and O–H groups in total. The lowest BCUT2D eigenvalue weighted by molar-refractivity contribution is -0.150. The van der Waals surface area contributed by atoms with Crippen molar-refractivity contribution in [1.82, 2.24) is 29.8 Å². The molecule has 0 amide bonds. The van der Waals surface area contributed by atoms with Crippen LogP contribution in [0.15, 0.2) is 102 Å². The van der Waals surface area contributed by atoms with Crippen LogP contribution < -0.4 is 5.32 Å². The number of allylic oxidation sites excluding steroid dienone is 2. The van der Waals surface area contributed by atoms with Crippen molar-refractivity contribution in [3.05, 3.63) is 125 Å². The minimum absolute atomic E-state index is 0.0460. The standard InChI is InChI=1S/C33H34N6O6/c1-21-29(32(41)43-3)31(25-6-4-5-11-35-25)30(22(2)38-21)33(42)45-17-16-44-28(40)19-26(39-15-14-34-20-39)24-9-7-23(8-10-24)18-27-36-12-13-37-27/h4-15,20,26,31,38H,16-19H2,1-3H3,(H,36,37). The molecular weight excluding hydrogens is 576 g/mol. The number of H-pyrrole nitrogens is 1. The van der Waals surface area contributed by atoms with E-state index in [1.807, 2.05) is 28.8 Å². The molecule has 0 fully saturated rings. The fourth-order valence-electron chi connectivity index (χ4n) is 5.37. The van der Waals surface area contributed by atoms with Gasteiger partial charge in [-0.25, -0.2) is 19.6 Å². The first kappa shape index (κ1) is 30.9. The topological polar surface area (TPSA) is 150 Å². The number of aromatic amines is 1. The molecule has 12 heteroatoms. The maximum atomic E-state index is 13.4. The van der Waals surface area contributed by atoms with Crippen molar-refractivity contribution in [3.63, 3.8) is 0 Å². The summed E-state index contributed by atoms with van der Waals surface area (Å²) >= 11 is 0. The molecule has 0 radical (unpaired) electrons. The highest BCUT2D eigenvalue weighted by atomic mass is 16.6. The molecule has 2 unspecified atom stereocenters. The molecule has 0 saturated carbocycles. The number of imidazole rings is 2. The van der Waals surface area contributed by atoms with Crippen LogP contribution >= 0.6 is 0 Å². The predicted molar refractivity (Wildman–Crippen MR) is 162 cm³/mol. The van der Waals surface area contributed by atoms with Crippen LogP contribution in [-0.4, -0.2) is 62.7 Å². The molecule has 1 aromatic carbocycles. The minimum atomic E-state index is -0.795. The van der Waals surface area contributed by atoms with E-state index in [1.165, 1.54) is 7.11 Å². The molecule has 1 aliphatic rings. The van der Waals surface area contributed by atoms with Gasteiger partial charge in [0.25, 0.3) is 0 Å². The molecular formula is C33H34N6O6. The third kappa shape index (κ3) is 7.35. The van der Waals surface area contributed by atoms with Crippen molar-refractivity contribution >= 4 is 17.9 Å². The Kier molecular flexibility index (Phi) is 9.83. The Labute approximate surface area is 260 Å². The Bertz CT molecular complexity index is 1680. The Balaban J connectivity index is 1.21. The number of carbonyl (C=O) groups is 3. The van der Waals surface area contributed by atoms with Crippen LogP contribution in [0.3, 0.4) is 0 Å². The summed E-state index contributed by atoms with van der Waals surface area (Å²) in [6.45, 7) is 3.14. The lowest BCUT2D eigenvalue weighted by atomic mass is 9.83. The lowest BCUT2D eigenvalue weighted by Gasteiger charge is -2.29. The SMILES string of the molecule is COC(=O)C1=C(C)NC(C)=C(C(=O)OCCOC(=O)CC(c2ccc(Cc3ncc[nH]3)cc2)n2ccnc2)C1c1ccccn1. The lowest BCUT2D eigenvalue weighted by Crippen LogP contribution is -2.33. The maximum absolute atomic E-state index is 13.4. The number of hydrogen-bond acceptors (Lipinski definition) is 10. The van der Waals surface area contributed by atoms with Crippen LogP contribution in [0.4, 0.5) is 0 Å². The first-order valence-corrected chi connectivity index (χ1v) is 14.4. The zero-order chi connectivity index (χ0) is 31.8. The molecule has 5 rings (SSSR count). The van der Waals surface area contributed by atoms with E-state index >= 15 is 0 Å². The van der Waals surface area contributed by atoms with E-state index in [0.29, 0.717) is 23.5 Å². The normalized spacial score (nSPS) is 15.3. The van der Waals surface area contributed by atoms with Crippen molar-refractivity contribution in [3.8, 4) is 0 Å². The highest BCUT2D eigenvalue weighted by molar-refractivity contribution is 5.99. The first-order chi connectivity index (χ1) is 21.9. The minimum Gasteiger partial charge on any atom is -0.466 e. The molecule has 2 atom stereocenters. The van der Waals surface area contributed by atoms with Crippen molar-refractivity contribution in [1.29, 1.82) is 0 Å². The highest BCUT2D eigenvalue weighted by Crippen LogP contribution is 2.38. The fourth-order valence-corrected chi connectivity index (χ4v) is 5.37. The van der Waals surface area contributed by atoms with Gasteiger partial charge in [-0.1, -0.05) is 30.3 Å². The number of nitrogens with zero attached hydrogens (tertiary/aromatic N) is 4. The number of nitrogens with one attached hydrogen (secondary N) is 2. The summed E-state index contributed by atoms with van der Waals surface area (Å²) in [6.07, 6.45) is 10.9. The zero-order valence-corrected chi connectivity index (χ0v) is 25.2. The van der Waals surface area contributed by atoms with Gasteiger partial charge in [-0.2, -0.15) is 0 Å². The average Bonchev–Trinajstić information content (AvgIpc) is 3.77. The Morgan fingerprint density at radius 2 is 1.67 bits per heavy atom. The number of pyridine rings is 1. The van der Waals surface area contributed by atoms with Gasteiger partial charge >= 0.3 is 17.9 Å². The third-order valence-electron chi connectivity index (χ3n) is 7.48. The van der Waals surface area contributed by atoms with E-state index in [0.717, 1.165) is 17.0 Å². The molecule has 0 saturated heterocycles. The van der Waals surface area contributed by atoms with Crippen LogP contribution in [0.2, 0.25) is 0 Å². The number of rotatable bonds is 12. The van der Waals surface area contributed by atoms with Crippen molar-refractivity contribution in [2.45, 2.75) is 38.6 Å². The number of methoxy groups -OCH3 is 1. The summed E-state index contributed by atoms with van der Waals surface area (Å²) in [5.74, 6) is -1.63. The molecule has 3 aromatic heterocycles. The number of esters is 3. The van der Waals surface area contributed by atoms with E-state index in [-0.39, 0.29) is 36.8 Å². The van der Waals surface area contributed by atoms with Gasteiger partial charge in [0.2, 0.25) is 0 Å². The van der Waals surface area contributed by atoms with Gasteiger partial charge in [0.15, 0.2) is 0 Å². The highest BCUT2D eigenvalue weighted by Gasteiger charge is 2.38. The maximum Gasteiger partial charge on any atom is 0.336 e. The van der Waals surface area contributed by atoms with Gasteiger partial charge in [0.1, 0.15) is 19.0 Å². The average molecular weight is 611 g/mol. The van der Waals surface area contributed by atoms with Crippen LogP contribution in [0.5, 0.6) is 0 Å². The monoisotopic (exact) mass is 610 g/mol. The summed E-state index contributed by atoms with van der Waals surface area (Å²) in [4.78, 5) is 54.9. The van der Waals surface area contributed by atoms with Crippen LogP contribution in [0.1, 0.15) is 54.9 Å². The smallest absolute Gasteiger partial charge is 0.336 e. The van der Waals surface area contributed by atoms with E-state index in [2.05, 4.69) is 25.3 Å². The number of ether oxygens (including phenoxy) is 3. The number of carbonyl (C=O) groups excluding carboxylic acids is 3. The molecule has 12 nitrogen and oxygen atoms in total. The van der Waals surface area contributed by atoms with Gasteiger partial charge in [0, 0.05) is 48.8 Å². The summed E-state index contributed by atoms with van der Waals surface area (Å²) in [5.41, 5.74) is 4.06. The summed E-state index contributed by atoms with van der Waals surface area (Å²) in [6, 6.07) is 12.9. The molecule has 4 aromatic rings. The van der Waals surface area contributed by atoms with E-state index in [1.54, 1.807) is 69.4 Å². The van der Waals surface area contributed by atoms with E-state index < -0.39 is 23.8 Å². The van der Waals surface area contributed by atoms with Crippen molar-refractivity contribution in [2.75, 3.05) is 20.3 Å². The van der Waals surface area contributed by atoms with Gasteiger partial charge in [-0.3, -0.25) is 9.78 Å². The van der Waals surface area contributed by atoms with Crippen LogP contribution in [0.25, 0.3) is 0 Å². The molecule has 0 bridgehead atoms. The molecule has 4 heterocycles. The summed E-state index contributed by atoms with van der Waals surface area (Å²) in [5, 5.41) is 3.08. The molecule has 1 aliphatic heterocycles. The van der Waals surface area contributed by atoms with Crippen LogP contribution in [0, 0.1) is 0 Å². The Morgan fingerprint density at radius 3 is 2.31 bits per heavy atom. The number of dihydropyridines is 1. The Morgan fingerprint density at radius 1 is 0.911 bits per heavy atom.